The number of aromatic nitrogens is 2. The molecule has 0 aliphatic rings. The van der Waals surface area contributed by atoms with Gasteiger partial charge in [-0.05, 0) is 19.1 Å². The number of ether oxygens (including phenoxy) is 2. The Morgan fingerprint density at radius 3 is 2.09 bits per heavy atom. The molecule has 3 aromatic carbocycles. The van der Waals surface area contributed by atoms with Crippen LogP contribution in [0.2, 0.25) is 0 Å². The van der Waals surface area contributed by atoms with Crippen LogP contribution < -0.4 is 14.8 Å². The van der Waals surface area contributed by atoms with Crippen LogP contribution in [0, 0.1) is 0 Å². The van der Waals surface area contributed by atoms with Gasteiger partial charge in [0.05, 0.1) is 25.6 Å². The predicted molar refractivity (Wildman–Crippen MR) is 141 cm³/mol. The highest BCUT2D eigenvalue weighted by atomic mass is 32.2. The van der Waals surface area contributed by atoms with Crippen LogP contribution in [0.5, 0.6) is 11.5 Å². The Balaban J connectivity index is 1.51. The number of hydrogen-bond acceptors (Lipinski definition) is 5. The lowest BCUT2D eigenvalue weighted by atomic mass is 10.0. The van der Waals surface area contributed by atoms with E-state index in [1.54, 1.807) is 44.2 Å². The molecule has 4 aromatic rings. The summed E-state index contributed by atoms with van der Waals surface area (Å²) >= 11 is 1.64. The number of amides is 1. The van der Waals surface area contributed by atoms with Crippen molar-refractivity contribution in [1.29, 1.82) is 0 Å². The van der Waals surface area contributed by atoms with E-state index >= 15 is 0 Å². The maximum absolute atomic E-state index is 12.7. The number of benzene rings is 3. The van der Waals surface area contributed by atoms with E-state index in [9.17, 15) is 4.79 Å². The van der Waals surface area contributed by atoms with Crippen molar-refractivity contribution in [2.75, 3.05) is 26.5 Å². The van der Waals surface area contributed by atoms with Crippen molar-refractivity contribution in [3.63, 3.8) is 0 Å². The van der Waals surface area contributed by atoms with Crippen LogP contribution in [0.25, 0.3) is 22.5 Å². The van der Waals surface area contributed by atoms with Gasteiger partial charge in [-0.3, -0.25) is 4.79 Å². The summed E-state index contributed by atoms with van der Waals surface area (Å²) in [5, 5.41) is 3.92. The highest BCUT2D eigenvalue weighted by molar-refractivity contribution is 7.99. The van der Waals surface area contributed by atoms with Gasteiger partial charge in [0.2, 0.25) is 0 Å². The normalized spacial score (nSPS) is 10.7. The second-order valence-electron chi connectivity index (χ2n) is 7.77. The number of nitrogens with one attached hydrogen (secondary N) is 1. The molecule has 0 aliphatic carbocycles. The van der Waals surface area contributed by atoms with Gasteiger partial charge in [0.15, 0.2) is 5.16 Å². The van der Waals surface area contributed by atoms with Gasteiger partial charge in [0.25, 0.3) is 5.91 Å². The average molecular weight is 488 g/mol. The van der Waals surface area contributed by atoms with E-state index < -0.39 is 0 Å². The van der Waals surface area contributed by atoms with Crippen LogP contribution in [0.15, 0.2) is 84.0 Å². The van der Waals surface area contributed by atoms with Crippen LogP contribution in [0.3, 0.4) is 0 Å². The molecule has 35 heavy (non-hydrogen) atoms. The lowest BCUT2D eigenvalue weighted by Gasteiger charge is -2.11. The molecule has 0 atom stereocenters. The number of thioether (sulfide) groups is 1. The molecular formula is C28H29N3O3S. The molecule has 4 rings (SSSR count). The third kappa shape index (κ3) is 5.69. The fourth-order valence-corrected chi connectivity index (χ4v) is 4.79. The summed E-state index contributed by atoms with van der Waals surface area (Å²) < 4.78 is 12.8. The third-order valence-electron chi connectivity index (χ3n) is 5.58. The van der Waals surface area contributed by atoms with Crippen molar-refractivity contribution >= 4 is 17.7 Å². The van der Waals surface area contributed by atoms with Gasteiger partial charge >= 0.3 is 0 Å². The Bertz CT molecular complexity index is 1250. The Hall–Kier alpha value is -3.71. The Kier molecular flexibility index (Phi) is 8.11. The van der Waals surface area contributed by atoms with E-state index in [2.05, 4.69) is 41.1 Å². The standard InChI is InChI=1S/C28H29N3O3S/c1-4-31-26(21-13-9-6-10-14-21)25(20-11-7-5-8-12-20)30-28(31)35-16-15-29-27(32)22-17-23(33-2)19-24(18-22)34-3/h5-14,17-19H,4,15-16H2,1-3H3,(H,29,32). The SMILES string of the molecule is CCn1c(SCCNC(=O)c2cc(OC)cc(OC)c2)nc(-c2ccccc2)c1-c1ccccc1. The van der Waals surface area contributed by atoms with Gasteiger partial charge in [-0.2, -0.15) is 0 Å². The van der Waals surface area contributed by atoms with Gasteiger partial charge in [0, 0.05) is 41.6 Å². The van der Waals surface area contributed by atoms with E-state index in [1.807, 2.05) is 36.4 Å². The molecule has 1 amide bonds. The average Bonchev–Trinajstić information content (AvgIpc) is 3.30. The molecule has 0 aliphatic heterocycles. The molecule has 7 heteroatoms. The molecule has 0 unspecified atom stereocenters. The van der Waals surface area contributed by atoms with Gasteiger partial charge in [-0.15, -0.1) is 0 Å². The number of carbonyl (C=O) groups is 1. The molecular weight excluding hydrogens is 458 g/mol. The van der Waals surface area contributed by atoms with Crippen LogP contribution in [-0.2, 0) is 6.54 Å². The van der Waals surface area contributed by atoms with E-state index in [4.69, 9.17) is 14.5 Å². The summed E-state index contributed by atoms with van der Waals surface area (Å²) in [5.41, 5.74) is 4.79. The first-order valence-electron chi connectivity index (χ1n) is 11.5. The number of carbonyl (C=O) groups excluding carboxylic acids is 1. The highest BCUT2D eigenvalue weighted by Crippen LogP contribution is 2.35. The summed E-state index contributed by atoms with van der Waals surface area (Å²) in [6.45, 7) is 3.42. The zero-order chi connectivity index (χ0) is 24.6. The third-order valence-corrected chi connectivity index (χ3v) is 6.55. The second kappa shape index (κ2) is 11.6. The fourth-order valence-electron chi connectivity index (χ4n) is 3.87. The van der Waals surface area contributed by atoms with Crippen LogP contribution in [-0.4, -0.2) is 42.0 Å². The van der Waals surface area contributed by atoms with Crippen molar-refractivity contribution < 1.29 is 14.3 Å². The molecule has 0 radical (unpaired) electrons. The van der Waals surface area contributed by atoms with Crippen molar-refractivity contribution in [2.24, 2.45) is 0 Å². The predicted octanol–water partition coefficient (Wildman–Crippen LogP) is 5.78. The van der Waals surface area contributed by atoms with Gasteiger partial charge in [-0.1, -0.05) is 72.4 Å². The minimum atomic E-state index is -0.170. The summed E-state index contributed by atoms with van der Waals surface area (Å²) in [5.74, 6) is 1.68. The Morgan fingerprint density at radius 1 is 0.914 bits per heavy atom. The number of hydrogen-bond donors (Lipinski definition) is 1. The van der Waals surface area contributed by atoms with Crippen molar-refractivity contribution in [3.05, 3.63) is 84.4 Å². The minimum Gasteiger partial charge on any atom is -0.497 e. The molecule has 0 saturated carbocycles. The topological polar surface area (TPSA) is 65.4 Å². The molecule has 180 valence electrons. The zero-order valence-corrected chi connectivity index (χ0v) is 21.0. The number of methoxy groups -OCH3 is 2. The maximum atomic E-state index is 12.7. The summed E-state index contributed by atoms with van der Waals surface area (Å²) in [7, 11) is 3.13. The summed E-state index contributed by atoms with van der Waals surface area (Å²) in [6.07, 6.45) is 0. The number of imidazole rings is 1. The molecule has 0 saturated heterocycles. The molecule has 0 bridgehead atoms. The Labute approximate surface area is 210 Å². The lowest BCUT2D eigenvalue weighted by Crippen LogP contribution is -2.25. The van der Waals surface area contributed by atoms with Crippen LogP contribution in [0.1, 0.15) is 17.3 Å². The monoisotopic (exact) mass is 487 g/mol. The summed E-state index contributed by atoms with van der Waals surface area (Å²) in [6, 6.07) is 25.8. The smallest absolute Gasteiger partial charge is 0.251 e. The molecule has 1 heterocycles. The first-order valence-corrected chi connectivity index (χ1v) is 12.5. The quantitative estimate of drug-likeness (QED) is 0.227. The fraction of sp³-hybridized carbons (Fsp3) is 0.214. The second-order valence-corrected chi connectivity index (χ2v) is 8.84. The van der Waals surface area contributed by atoms with Crippen LogP contribution >= 0.6 is 11.8 Å². The minimum absolute atomic E-state index is 0.170. The van der Waals surface area contributed by atoms with E-state index in [-0.39, 0.29) is 5.91 Å². The highest BCUT2D eigenvalue weighted by Gasteiger charge is 2.19. The number of rotatable bonds is 10. The largest absolute Gasteiger partial charge is 0.497 e. The molecule has 1 aromatic heterocycles. The summed E-state index contributed by atoms with van der Waals surface area (Å²) in [4.78, 5) is 17.7. The van der Waals surface area contributed by atoms with E-state index in [0.29, 0.717) is 29.4 Å². The van der Waals surface area contributed by atoms with Crippen molar-refractivity contribution in [2.45, 2.75) is 18.6 Å². The first-order chi connectivity index (χ1) is 17.1. The Morgan fingerprint density at radius 2 is 1.51 bits per heavy atom. The lowest BCUT2D eigenvalue weighted by molar-refractivity contribution is 0.0955. The maximum Gasteiger partial charge on any atom is 0.251 e. The van der Waals surface area contributed by atoms with Gasteiger partial charge in [-0.25, -0.2) is 4.98 Å². The van der Waals surface area contributed by atoms with Crippen molar-refractivity contribution in [1.82, 2.24) is 14.9 Å². The zero-order valence-electron chi connectivity index (χ0n) is 20.2. The van der Waals surface area contributed by atoms with Gasteiger partial charge in [0.1, 0.15) is 11.5 Å². The van der Waals surface area contributed by atoms with E-state index in [1.165, 1.54) is 0 Å². The molecule has 0 spiro atoms. The van der Waals surface area contributed by atoms with Crippen LogP contribution in [0.4, 0.5) is 0 Å². The molecule has 1 N–H and O–H groups in total. The van der Waals surface area contributed by atoms with Crippen molar-refractivity contribution in [3.8, 4) is 34.0 Å². The molecule has 6 nitrogen and oxygen atoms in total. The molecule has 0 fully saturated rings. The number of nitrogens with zero attached hydrogens (tertiary/aromatic N) is 2. The van der Waals surface area contributed by atoms with E-state index in [0.717, 1.165) is 34.2 Å². The van der Waals surface area contributed by atoms with Gasteiger partial charge < -0.3 is 19.4 Å². The first kappa shape index (κ1) is 24.4.